The number of halogens is 2. The van der Waals surface area contributed by atoms with E-state index in [0.29, 0.717) is 60.3 Å². The van der Waals surface area contributed by atoms with Gasteiger partial charge in [0.15, 0.2) is 5.82 Å². The van der Waals surface area contributed by atoms with Gasteiger partial charge in [-0.2, -0.15) is 9.97 Å². The van der Waals surface area contributed by atoms with Crippen LogP contribution < -0.4 is 9.64 Å². The molecule has 1 amide bonds. The summed E-state index contributed by atoms with van der Waals surface area (Å²) in [6, 6.07) is 6.03. The molecule has 276 valence electrons. The highest BCUT2D eigenvalue weighted by atomic mass is 19.1. The number of aliphatic hydroxyl groups excluding tert-OH is 1. The van der Waals surface area contributed by atoms with Crippen LogP contribution in [-0.4, -0.2) is 106 Å². The van der Waals surface area contributed by atoms with Crippen molar-refractivity contribution in [1.82, 2.24) is 24.8 Å². The number of aromatic nitrogens is 3. The lowest BCUT2D eigenvalue weighted by Crippen LogP contribution is -2.52. The minimum absolute atomic E-state index is 0.0266. The number of amides is 1. The number of carbonyl (C=O) groups is 1. The average molecular weight is 717 g/mol. The highest BCUT2D eigenvalue weighted by molar-refractivity contribution is 6.01. The third-order valence-electron chi connectivity index (χ3n) is 12.0. The minimum Gasteiger partial charge on any atom is -0.508 e. The van der Waals surface area contributed by atoms with Gasteiger partial charge in [0.1, 0.15) is 41.8 Å². The van der Waals surface area contributed by atoms with E-state index in [4.69, 9.17) is 14.5 Å². The third kappa shape index (κ3) is 5.95. The molecule has 4 aliphatic rings. The zero-order valence-electron chi connectivity index (χ0n) is 30.0. The quantitative estimate of drug-likeness (QED) is 0.218. The van der Waals surface area contributed by atoms with Gasteiger partial charge in [-0.25, -0.2) is 13.6 Å². The number of hydrogen-bond acceptors (Lipinski definition) is 10. The summed E-state index contributed by atoms with van der Waals surface area (Å²) in [4.78, 5) is 32.3. The van der Waals surface area contributed by atoms with Crippen LogP contribution in [0.1, 0.15) is 63.9 Å². The van der Waals surface area contributed by atoms with Gasteiger partial charge in [-0.3, -0.25) is 9.88 Å². The summed E-state index contributed by atoms with van der Waals surface area (Å²) >= 11 is 0. The van der Waals surface area contributed by atoms with Gasteiger partial charge in [-0.1, -0.05) is 13.0 Å². The molecule has 52 heavy (non-hydrogen) atoms. The van der Waals surface area contributed by atoms with E-state index >= 15 is 8.78 Å². The molecule has 1 saturated carbocycles. The van der Waals surface area contributed by atoms with Gasteiger partial charge < -0.3 is 29.5 Å². The van der Waals surface area contributed by atoms with E-state index in [0.717, 1.165) is 57.9 Å². The first-order valence-electron chi connectivity index (χ1n) is 18.5. The smallest absolute Gasteiger partial charge is 0.409 e. The molecule has 2 aromatic heterocycles. The van der Waals surface area contributed by atoms with Crippen molar-refractivity contribution in [3.8, 4) is 23.0 Å². The Hall–Kier alpha value is -4.36. The number of nitrogens with zero attached hydrogens (tertiary/aromatic N) is 6. The summed E-state index contributed by atoms with van der Waals surface area (Å²) in [5.41, 5.74) is 0.364. The van der Waals surface area contributed by atoms with E-state index in [1.165, 1.54) is 23.1 Å². The van der Waals surface area contributed by atoms with Crippen LogP contribution in [0.2, 0.25) is 0 Å². The van der Waals surface area contributed by atoms with Crippen LogP contribution in [0.4, 0.5) is 19.4 Å². The van der Waals surface area contributed by atoms with Crippen molar-refractivity contribution < 1.29 is 33.3 Å². The van der Waals surface area contributed by atoms with Crippen molar-refractivity contribution in [1.29, 1.82) is 0 Å². The van der Waals surface area contributed by atoms with Crippen LogP contribution in [0.3, 0.4) is 0 Å². The molecule has 11 nitrogen and oxygen atoms in total. The van der Waals surface area contributed by atoms with Crippen molar-refractivity contribution in [3.63, 3.8) is 0 Å². The highest BCUT2D eigenvalue weighted by Gasteiger charge is 2.50. The Labute approximate surface area is 301 Å². The summed E-state index contributed by atoms with van der Waals surface area (Å²) in [5.74, 6) is -0.675. The zero-order chi connectivity index (χ0) is 36.4. The molecule has 13 heteroatoms. The molecule has 5 heterocycles. The number of aliphatic hydroxyl groups is 1. The SMILES string of the molecule is CCc1c(F)ccc2cc(O)cc(-c3ncc4c(N5CCCC6(CC(O)C6)C5)nc(OC[C@@]56CCCN5[C@H](COC(=O)N(C)C)CC6)nc4c3F)c12. The summed E-state index contributed by atoms with van der Waals surface area (Å²) in [6.07, 6.45) is 8.21. The standard InChI is InChI=1S/C39H46F2N6O5/c1-4-27-30(40)8-7-23-15-25(48)16-28(31(23)27)33-32(41)34-29(19-42-33)35(46-13-5-10-38(21-46)17-26(49)18-38)44-36(43-34)52-22-39-11-6-14-47(39)24(9-12-39)20-51-37(50)45(2)3/h7-8,15-16,19,24,26,48-49H,4-6,9-14,17-18,20-22H2,1-3H3/t24-,26?,38?,39-/m0/s1. The molecule has 4 aromatic rings. The minimum atomic E-state index is -0.709. The Bertz CT molecular complexity index is 2030. The number of aryl methyl sites for hydroxylation is 1. The van der Waals surface area contributed by atoms with Gasteiger partial charge in [-0.15, -0.1) is 0 Å². The highest BCUT2D eigenvalue weighted by Crippen LogP contribution is 2.49. The molecule has 0 unspecified atom stereocenters. The predicted octanol–water partition coefficient (Wildman–Crippen LogP) is 6.21. The maximum Gasteiger partial charge on any atom is 0.409 e. The second-order valence-corrected chi connectivity index (χ2v) is 15.5. The Morgan fingerprint density at radius 3 is 2.67 bits per heavy atom. The number of anilines is 1. The first-order chi connectivity index (χ1) is 25.0. The lowest BCUT2D eigenvalue weighted by molar-refractivity contribution is -0.0396. The Kier molecular flexibility index (Phi) is 8.84. The average Bonchev–Trinajstić information content (AvgIpc) is 3.68. The lowest BCUT2D eigenvalue weighted by atomic mass is 9.62. The van der Waals surface area contributed by atoms with E-state index < -0.39 is 11.6 Å². The number of rotatable bonds is 8. The molecule has 0 bridgehead atoms. The fourth-order valence-electron chi connectivity index (χ4n) is 9.49. The molecule has 3 aliphatic heterocycles. The Morgan fingerprint density at radius 1 is 1.10 bits per heavy atom. The van der Waals surface area contributed by atoms with E-state index in [1.54, 1.807) is 26.4 Å². The fraction of sp³-hybridized carbons (Fsp3) is 0.538. The number of piperidine rings is 1. The maximum atomic E-state index is 17.1. The van der Waals surface area contributed by atoms with Crippen molar-refractivity contribution in [2.75, 3.05) is 51.8 Å². The number of benzene rings is 2. The largest absolute Gasteiger partial charge is 0.508 e. The number of phenols is 1. The second kappa shape index (κ2) is 13.2. The summed E-state index contributed by atoms with van der Waals surface area (Å²) in [6.45, 7) is 4.66. The first kappa shape index (κ1) is 34.7. The number of hydrogen-bond donors (Lipinski definition) is 2. The molecule has 1 aliphatic carbocycles. The molecule has 2 N–H and O–H groups in total. The Morgan fingerprint density at radius 2 is 1.90 bits per heavy atom. The first-order valence-corrected chi connectivity index (χ1v) is 18.5. The van der Waals surface area contributed by atoms with Gasteiger partial charge >= 0.3 is 12.1 Å². The molecular formula is C39H46F2N6O5. The van der Waals surface area contributed by atoms with Gasteiger partial charge in [0, 0.05) is 45.0 Å². The number of aromatic hydroxyl groups is 1. The van der Waals surface area contributed by atoms with Gasteiger partial charge in [0.05, 0.1) is 17.0 Å². The van der Waals surface area contributed by atoms with Crippen LogP contribution in [0.15, 0.2) is 30.5 Å². The van der Waals surface area contributed by atoms with Crippen LogP contribution in [-0.2, 0) is 11.2 Å². The summed E-state index contributed by atoms with van der Waals surface area (Å²) in [7, 11) is 3.33. The van der Waals surface area contributed by atoms with Gasteiger partial charge in [0.2, 0.25) is 0 Å². The maximum absolute atomic E-state index is 17.1. The molecule has 0 radical (unpaired) electrons. The second-order valence-electron chi connectivity index (χ2n) is 15.5. The van der Waals surface area contributed by atoms with Crippen LogP contribution in [0, 0.1) is 17.0 Å². The van der Waals surface area contributed by atoms with Crippen molar-refractivity contribution in [3.05, 3.63) is 47.7 Å². The molecule has 1 spiro atoms. The normalized spacial score (nSPS) is 25.8. The van der Waals surface area contributed by atoms with E-state index in [-0.39, 0.29) is 57.7 Å². The number of phenolic OH excluding ortho intramolecular Hbond substituents is 1. The molecule has 4 fully saturated rings. The monoisotopic (exact) mass is 716 g/mol. The molecule has 8 rings (SSSR count). The predicted molar refractivity (Wildman–Crippen MR) is 193 cm³/mol. The molecule has 3 saturated heterocycles. The lowest BCUT2D eigenvalue weighted by Gasteiger charge is -2.51. The number of carbonyl (C=O) groups excluding carboxylic acids is 1. The van der Waals surface area contributed by atoms with Gasteiger partial charge in [0.25, 0.3) is 0 Å². The topological polar surface area (TPSA) is 124 Å². The number of ether oxygens (including phenoxy) is 2. The third-order valence-corrected chi connectivity index (χ3v) is 12.0. The van der Waals surface area contributed by atoms with Crippen LogP contribution in [0.25, 0.3) is 32.9 Å². The van der Waals surface area contributed by atoms with Crippen LogP contribution in [0.5, 0.6) is 11.8 Å². The van der Waals surface area contributed by atoms with Crippen molar-refractivity contribution in [2.45, 2.75) is 82.4 Å². The van der Waals surface area contributed by atoms with E-state index in [9.17, 15) is 15.0 Å². The number of pyridine rings is 1. The Balaban J connectivity index is 1.18. The van der Waals surface area contributed by atoms with E-state index in [2.05, 4.69) is 19.8 Å². The molecule has 2 aromatic carbocycles. The number of fused-ring (bicyclic) bond motifs is 3. The molecular weight excluding hydrogens is 670 g/mol. The van der Waals surface area contributed by atoms with Crippen LogP contribution >= 0.6 is 0 Å². The van der Waals surface area contributed by atoms with Crippen molar-refractivity contribution in [2.24, 2.45) is 5.41 Å². The van der Waals surface area contributed by atoms with E-state index in [1.807, 2.05) is 6.92 Å². The van der Waals surface area contributed by atoms with Gasteiger partial charge in [-0.05, 0) is 104 Å². The fourth-order valence-corrected chi connectivity index (χ4v) is 9.49. The zero-order valence-corrected chi connectivity index (χ0v) is 30.0. The summed E-state index contributed by atoms with van der Waals surface area (Å²) < 4.78 is 44.2. The van der Waals surface area contributed by atoms with Crippen molar-refractivity contribution >= 4 is 33.6 Å². The molecule has 2 atom stereocenters. The summed E-state index contributed by atoms with van der Waals surface area (Å²) in [5, 5.41) is 22.4.